The topological polar surface area (TPSA) is 86.2 Å². The fourth-order valence-corrected chi connectivity index (χ4v) is 1.51. The van der Waals surface area contributed by atoms with Gasteiger partial charge < -0.3 is 10.2 Å². The lowest BCUT2D eigenvalue weighted by Gasteiger charge is -2.04. The Hall–Kier alpha value is -1.59. The Morgan fingerprint density at radius 1 is 1.53 bits per heavy atom. The lowest BCUT2D eigenvalue weighted by Crippen LogP contribution is -2.10. The van der Waals surface area contributed by atoms with Gasteiger partial charge in [-0.3, -0.25) is 5.10 Å². The molecule has 0 aliphatic heterocycles. The van der Waals surface area contributed by atoms with Gasteiger partial charge in [0, 0.05) is 5.39 Å². The number of rotatable bonds is 2. The zero-order chi connectivity index (χ0) is 11.0. The van der Waals surface area contributed by atoms with Crippen molar-refractivity contribution in [2.24, 2.45) is 0 Å². The molecule has 0 saturated heterocycles. The van der Waals surface area contributed by atoms with Gasteiger partial charge in [0.15, 0.2) is 6.10 Å². The summed E-state index contributed by atoms with van der Waals surface area (Å²) in [6.07, 6.45) is -1.54. The first-order valence-electron chi connectivity index (χ1n) is 4.14. The van der Waals surface area contributed by atoms with E-state index in [1.54, 1.807) is 6.07 Å². The molecule has 6 heteroatoms. The smallest absolute Gasteiger partial charge is 0.337 e. The zero-order valence-corrected chi connectivity index (χ0v) is 8.19. The van der Waals surface area contributed by atoms with E-state index >= 15 is 0 Å². The van der Waals surface area contributed by atoms with Gasteiger partial charge in [0.25, 0.3) is 0 Å². The molecule has 1 unspecified atom stereocenters. The van der Waals surface area contributed by atoms with Gasteiger partial charge in [-0.15, -0.1) is 0 Å². The summed E-state index contributed by atoms with van der Waals surface area (Å²) < 4.78 is 0. The molecule has 78 valence electrons. The van der Waals surface area contributed by atoms with Gasteiger partial charge in [0.05, 0.1) is 5.52 Å². The number of aliphatic hydroxyl groups is 1. The van der Waals surface area contributed by atoms with E-state index in [-0.39, 0.29) is 5.56 Å². The number of aliphatic carboxylic acids is 1. The average molecular weight is 227 g/mol. The van der Waals surface area contributed by atoms with E-state index in [4.69, 9.17) is 16.7 Å². The Kier molecular flexibility index (Phi) is 2.34. The fraction of sp³-hybridized carbons (Fsp3) is 0.111. The zero-order valence-electron chi connectivity index (χ0n) is 7.44. The van der Waals surface area contributed by atoms with Gasteiger partial charge >= 0.3 is 5.97 Å². The molecule has 2 aromatic rings. The summed E-state index contributed by atoms with van der Waals surface area (Å²) in [5.74, 6) is -1.30. The first kappa shape index (κ1) is 9.95. The summed E-state index contributed by atoms with van der Waals surface area (Å²) in [6, 6.07) is 4.60. The Labute approximate surface area is 89.3 Å². The number of carboxylic acid groups (broad SMARTS) is 1. The third-order valence-electron chi connectivity index (χ3n) is 2.08. The van der Waals surface area contributed by atoms with Crippen LogP contribution in [-0.4, -0.2) is 26.4 Å². The Morgan fingerprint density at radius 2 is 2.27 bits per heavy atom. The lowest BCUT2D eigenvalue weighted by atomic mass is 10.1. The van der Waals surface area contributed by atoms with Gasteiger partial charge in [0.1, 0.15) is 5.15 Å². The average Bonchev–Trinajstić information content (AvgIpc) is 2.59. The van der Waals surface area contributed by atoms with E-state index in [2.05, 4.69) is 10.2 Å². The number of carboxylic acids is 1. The molecule has 1 heterocycles. The predicted octanol–water partition coefficient (Wildman–Crippen LogP) is 1.33. The second kappa shape index (κ2) is 3.52. The maximum absolute atomic E-state index is 10.5. The van der Waals surface area contributed by atoms with Gasteiger partial charge in [-0.25, -0.2) is 4.79 Å². The SMILES string of the molecule is O=C(O)C(O)c1ccc2c(Cl)[nH]nc2c1. The summed E-state index contributed by atoms with van der Waals surface area (Å²) >= 11 is 5.77. The van der Waals surface area contributed by atoms with E-state index in [0.29, 0.717) is 16.1 Å². The minimum absolute atomic E-state index is 0.276. The number of aliphatic hydroxyl groups excluding tert-OH is 1. The predicted molar refractivity (Wildman–Crippen MR) is 53.7 cm³/mol. The highest BCUT2D eigenvalue weighted by Crippen LogP contribution is 2.23. The molecular formula is C9H7ClN2O3. The fourth-order valence-electron chi connectivity index (χ4n) is 1.31. The minimum Gasteiger partial charge on any atom is -0.479 e. The third-order valence-corrected chi connectivity index (χ3v) is 2.37. The first-order chi connectivity index (χ1) is 7.09. The van der Waals surface area contributed by atoms with Gasteiger partial charge in [-0.1, -0.05) is 17.7 Å². The Balaban J connectivity index is 2.52. The highest BCUT2D eigenvalue weighted by atomic mass is 35.5. The van der Waals surface area contributed by atoms with Gasteiger partial charge in [-0.2, -0.15) is 5.10 Å². The molecule has 5 nitrogen and oxygen atoms in total. The maximum Gasteiger partial charge on any atom is 0.337 e. The van der Waals surface area contributed by atoms with Crippen molar-refractivity contribution in [2.75, 3.05) is 0 Å². The van der Waals surface area contributed by atoms with Crippen molar-refractivity contribution in [3.8, 4) is 0 Å². The number of halogens is 1. The van der Waals surface area contributed by atoms with Gasteiger partial charge in [-0.05, 0) is 17.7 Å². The summed E-state index contributed by atoms with van der Waals surface area (Å²) in [6.45, 7) is 0. The summed E-state index contributed by atoms with van der Waals surface area (Å²) in [7, 11) is 0. The molecule has 1 aromatic heterocycles. The Morgan fingerprint density at radius 3 is 2.93 bits per heavy atom. The molecule has 0 aliphatic carbocycles. The van der Waals surface area contributed by atoms with Crippen LogP contribution in [0.15, 0.2) is 18.2 Å². The van der Waals surface area contributed by atoms with E-state index < -0.39 is 12.1 Å². The molecule has 1 aromatic carbocycles. The number of nitrogens with one attached hydrogen (secondary N) is 1. The monoisotopic (exact) mass is 226 g/mol. The Bertz CT molecular complexity index is 523. The van der Waals surface area contributed by atoms with Crippen LogP contribution < -0.4 is 0 Å². The number of carbonyl (C=O) groups is 1. The van der Waals surface area contributed by atoms with E-state index in [0.717, 1.165) is 0 Å². The van der Waals surface area contributed by atoms with Crippen molar-refractivity contribution in [2.45, 2.75) is 6.10 Å². The second-order valence-electron chi connectivity index (χ2n) is 3.05. The molecule has 0 amide bonds. The standard InChI is InChI=1S/C9H7ClN2O3/c10-8-5-2-1-4(7(13)9(14)15)3-6(5)11-12-8/h1-3,7,13H,(H,11,12)(H,14,15). The van der Waals surface area contributed by atoms with Crippen molar-refractivity contribution < 1.29 is 15.0 Å². The van der Waals surface area contributed by atoms with Crippen molar-refractivity contribution >= 4 is 28.5 Å². The van der Waals surface area contributed by atoms with Crippen LogP contribution in [-0.2, 0) is 4.79 Å². The molecule has 0 radical (unpaired) electrons. The molecule has 1 atom stereocenters. The largest absolute Gasteiger partial charge is 0.479 e. The highest BCUT2D eigenvalue weighted by Gasteiger charge is 2.16. The molecule has 3 N–H and O–H groups in total. The third kappa shape index (κ3) is 1.67. The van der Waals surface area contributed by atoms with E-state index in [9.17, 15) is 9.90 Å². The summed E-state index contributed by atoms with van der Waals surface area (Å²) in [4.78, 5) is 10.5. The molecular weight excluding hydrogens is 220 g/mol. The quantitative estimate of drug-likeness (QED) is 0.721. The highest BCUT2D eigenvalue weighted by molar-refractivity contribution is 6.34. The van der Waals surface area contributed by atoms with Crippen molar-refractivity contribution in [1.29, 1.82) is 0 Å². The van der Waals surface area contributed by atoms with Crippen LogP contribution in [0.2, 0.25) is 5.15 Å². The normalized spacial score (nSPS) is 12.9. The molecule has 0 fully saturated rings. The number of H-pyrrole nitrogens is 1. The maximum atomic E-state index is 10.5. The number of benzene rings is 1. The number of hydrogen-bond acceptors (Lipinski definition) is 3. The van der Waals surface area contributed by atoms with Crippen molar-refractivity contribution in [1.82, 2.24) is 10.2 Å². The van der Waals surface area contributed by atoms with E-state index in [1.807, 2.05) is 0 Å². The van der Waals surface area contributed by atoms with Gasteiger partial charge in [0.2, 0.25) is 0 Å². The number of fused-ring (bicyclic) bond motifs is 1. The van der Waals surface area contributed by atoms with Crippen LogP contribution in [0, 0.1) is 0 Å². The first-order valence-corrected chi connectivity index (χ1v) is 4.52. The minimum atomic E-state index is -1.54. The molecule has 0 spiro atoms. The molecule has 0 aliphatic rings. The van der Waals surface area contributed by atoms with Crippen molar-refractivity contribution in [3.63, 3.8) is 0 Å². The van der Waals surface area contributed by atoms with Crippen molar-refractivity contribution in [3.05, 3.63) is 28.9 Å². The van der Waals surface area contributed by atoms with Crippen LogP contribution in [0.3, 0.4) is 0 Å². The molecule has 15 heavy (non-hydrogen) atoms. The summed E-state index contributed by atoms with van der Waals surface area (Å²) in [5.41, 5.74) is 0.802. The lowest BCUT2D eigenvalue weighted by molar-refractivity contribution is -0.146. The molecule has 0 saturated carbocycles. The summed E-state index contributed by atoms with van der Waals surface area (Å²) in [5, 5.41) is 25.4. The van der Waals surface area contributed by atoms with Crippen LogP contribution >= 0.6 is 11.6 Å². The number of hydrogen-bond donors (Lipinski definition) is 3. The second-order valence-corrected chi connectivity index (χ2v) is 3.43. The van der Waals surface area contributed by atoms with Crippen LogP contribution in [0.25, 0.3) is 10.9 Å². The molecule has 0 bridgehead atoms. The number of aromatic amines is 1. The van der Waals surface area contributed by atoms with Crippen LogP contribution in [0.5, 0.6) is 0 Å². The van der Waals surface area contributed by atoms with E-state index in [1.165, 1.54) is 12.1 Å². The number of nitrogens with zero attached hydrogens (tertiary/aromatic N) is 1. The van der Waals surface area contributed by atoms with Crippen LogP contribution in [0.1, 0.15) is 11.7 Å². The number of aromatic nitrogens is 2. The molecule has 2 rings (SSSR count). The van der Waals surface area contributed by atoms with Crippen LogP contribution in [0.4, 0.5) is 0 Å².